The molecule has 0 aliphatic carbocycles. The van der Waals surface area contributed by atoms with Gasteiger partial charge in [-0.25, -0.2) is 4.68 Å². The van der Waals surface area contributed by atoms with Crippen molar-refractivity contribution in [1.82, 2.24) is 9.78 Å². The van der Waals surface area contributed by atoms with Gasteiger partial charge in [0, 0.05) is 18.6 Å². The van der Waals surface area contributed by atoms with Crippen LogP contribution in [-0.2, 0) is 7.05 Å². The van der Waals surface area contributed by atoms with Crippen LogP contribution >= 0.6 is 23.2 Å². The number of aromatic nitrogens is 2. The van der Waals surface area contributed by atoms with Gasteiger partial charge < -0.3 is 4.90 Å². The second-order valence-electron chi connectivity index (χ2n) is 4.82. The highest BCUT2D eigenvalue weighted by Crippen LogP contribution is 2.39. The molecule has 4 nitrogen and oxygen atoms in total. The highest BCUT2D eigenvalue weighted by atomic mass is 35.5. The molecule has 1 aliphatic rings. The Hall–Kier alpha value is -1.52. The summed E-state index contributed by atoms with van der Waals surface area (Å²) in [5.41, 5.74) is 1.59. The number of halogens is 2. The number of hydrogen-bond donors (Lipinski definition) is 0. The van der Waals surface area contributed by atoms with Gasteiger partial charge in [-0.3, -0.25) is 4.79 Å². The molecule has 1 atom stereocenters. The summed E-state index contributed by atoms with van der Waals surface area (Å²) in [5, 5.41) is 4.98. The van der Waals surface area contributed by atoms with Gasteiger partial charge in [0.2, 0.25) is 0 Å². The SMILES string of the molecule is Cn1ncc(N2CC[C@@H]2c2ccc(Cl)cc2)c(Cl)c1=O. The predicted octanol–water partition coefficient (Wildman–Crippen LogP) is 3.04. The molecular weight excluding hydrogens is 297 g/mol. The molecule has 1 saturated heterocycles. The van der Waals surface area contributed by atoms with Crippen molar-refractivity contribution < 1.29 is 0 Å². The molecule has 0 N–H and O–H groups in total. The van der Waals surface area contributed by atoms with Crippen LogP contribution in [0, 0.1) is 0 Å². The summed E-state index contributed by atoms with van der Waals surface area (Å²) in [7, 11) is 1.59. The van der Waals surface area contributed by atoms with Gasteiger partial charge in [-0.05, 0) is 24.1 Å². The number of nitrogens with zero attached hydrogens (tertiary/aromatic N) is 3. The van der Waals surface area contributed by atoms with Crippen LogP contribution in [0.2, 0.25) is 10.0 Å². The monoisotopic (exact) mass is 309 g/mol. The fourth-order valence-electron chi connectivity index (χ4n) is 2.41. The molecule has 2 aromatic rings. The van der Waals surface area contributed by atoms with Crippen molar-refractivity contribution in [3.63, 3.8) is 0 Å². The minimum absolute atomic E-state index is 0.221. The molecule has 104 valence electrons. The summed E-state index contributed by atoms with van der Waals surface area (Å²) in [5.74, 6) is 0. The van der Waals surface area contributed by atoms with Gasteiger partial charge in [-0.2, -0.15) is 5.10 Å². The maximum atomic E-state index is 11.8. The van der Waals surface area contributed by atoms with Crippen LogP contribution in [0.1, 0.15) is 18.0 Å². The Morgan fingerprint density at radius 1 is 1.25 bits per heavy atom. The van der Waals surface area contributed by atoms with E-state index in [9.17, 15) is 4.79 Å². The highest BCUT2D eigenvalue weighted by molar-refractivity contribution is 6.33. The number of hydrogen-bond acceptors (Lipinski definition) is 3. The lowest BCUT2D eigenvalue weighted by Gasteiger charge is -2.43. The van der Waals surface area contributed by atoms with E-state index in [-0.39, 0.29) is 16.6 Å². The molecule has 0 amide bonds. The first-order valence-electron chi connectivity index (χ1n) is 6.32. The van der Waals surface area contributed by atoms with Crippen LogP contribution in [0.25, 0.3) is 0 Å². The smallest absolute Gasteiger partial charge is 0.287 e. The van der Waals surface area contributed by atoms with Crippen molar-refractivity contribution in [3.8, 4) is 0 Å². The second kappa shape index (κ2) is 5.11. The summed E-state index contributed by atoms with van der Waals surface area (Å²) in [6.07, 6.45) is 2.67. The van der Waals surface area contributed by atoms with Gasteiger partial charge in [0.15, 0.2) is 0 Å². The van der Waals surface area contributed by atoms with Gasteiger partial charge in [0.05, 0.1) is 17.9 Å². The molecule has 0 unspecified atom stereocenters. The predicted molar refractivity (Wildman–Crippen MR) is 80.6 cm³/mol. The lowest BCUT2D eigenvalue weighted by molar-refractivity contribution is 0.463. The molecule has 1 aromatic carbocycles. The van der Waals surface area contributed by atoms with Gasteiger partial charge in [0.1, 0.15) is 5.02 Å². The van der Waals surface area contributed by atoms with Crippen molar-refractivity contribution in [2.24, 2.45) is 7.05 Å². The maximum Gasteiger partial charge on any atom is 0.287 e. The summed E-state index contributed by atoms with van der Waals surface area (Å²) >= 11 is 12.1. The normalized spacial score (nSPS) is 17.9. The van der Waals surface area contributed by atoms with E-state index in [1.54, 1.807) is 13.2 Å². The third kappa shape index (κ3) is 2.19. The van der Waals surface area contributed by atoms with E-state index in [1.807, 2.05) is 24.3 Å². The molecule has 3 rings (SSSR count). The fraction of sp³-hybridized carbons (Fsp3) is 0.286. The van der Waals surface area contributed by atoms with Crippen molar-refractivity contribution >= 4 is 28.9 Å². The average molecular weight is 310 g/mol. The third-order valence-electron chi connectivity index (χ3n) is 3.64. The summed E-state index contributed by atoms with van der Waals surface area (Å²) < 4.78 is 1.24. The molecule has 20 heavy (non-hydrogen) atoms. The van der Waals surface area contributed by atoms with Crippen LogP contribution in [0.15, 0.2) is 35.3 Å². The molecule has 2 heterocycles. The topological polar surface area (TPSA) is 38.1 Å². The number of benzene rings is 1. The van der Waals surface area contributed by atoms with E-state index in [0.29, 0.717) is 10.7 Å². The Balaban J connectivity index is 1.94. The Morgan fingerprint density at radius 2 is 1.95 bits per heavy atom. The standard InChI is InChI=1S/C14H13Cl2N3O/c1-18-14(20)13(16)12(8-17-18)19-7-6-11(19)9-2-4-10(15)5-3-9/h2-5,8,11H,6-7H2,1H3/t11-/m1/s1. The van der Waals surface area contributed by atoms with Crippen LogP contribution in [0.4, 0.5) is 5.69 Å². The molecule has 0 saturated carbocycles. The van der Waals surface area contributed by atoms with Crippen molar-refractivity contribution in [2.45, 2.75) is 12.5 Å². The third-order valence-corrected chi connectivity index (χ3v) is 4.25. The van der Waals surface area contributed by atoms with Gasteiger partial charge in [0.25, 0.3) is 5.56 Å². The lowest BCUT2D eigenvalue weighted by atomic mass is 9.94. The van der Waals surface area contributed by atoms with E-state index >= 15 is 0 Å². The molecule has 1 aromatic heterocycles. The maximum absolute atomic E-state index is 11.8. The van der Waals surface area contributed by atoms with Crippen molar-refractivity contribution in [3.05, 3.63) is 56.4 Å². The van der Waals surface area contributed by atoms with Crippen LogP contribution < -0.4 is 10.5 Å². The quantitative estimate of drug-likeness (QED) is 0.856. The Morgan fingerprint density at radius 3 is 2.55 bits per heavy atom. The van der Waals surface area contributed by atoms with Gasteiger partial charge in [-0.1, -0.05) is 35.3 Å². The minimum Gasteiger partial charge on any atom is -0.362 e. The lowest BCUT2D eigenvalue weighted by Crippen LogP contribution is -2.42. The minimum atomic E-state index is -0.272. The zero-order valence-electron chi connectivity index (χ0n) is 10.9. The fourth-order valence-corrected chi connectivity index (χ4v) is 2.82. The van der Waals surface area contributed by atoms with Gasteiger partial charge >= 0.3 is 0 Å². The highest BCUT2D eigenvalue weighted by Gasteiger charge is 2.31. The Kier molecular flexibility index (Phi) is 3.44. The van der Waals surface area contributed by atoms with Crippen molar-refractivity contribution in [1.29, 1.82) is 0 Å². The summed E-state index contributed by atoms with van der Waals surface area (Å²) in [6, 6.07) is 7.97. The molecule has 0 radical (unpaired) electrons. The summed E-state index contributed by atoms with van der Waals surface area (Å²) in [6.45, 7) is 0.863. The van der Waals surface area contributed by atoms with E-state index in [0.717, 1.165) is 18.5 Å². The number of rotatable bonds is 2. The van der Waals surface area contributed by atoms with E-state index in [1.165, 1.54) is 4.68 Å². The first kappa shape index (κ1) is 13.5. The average Bonchev–Trinajstić information content (AvgIpc) is 2.40. The van der Waals surface area contributed by atoms with Crippen molar-refractivity contribution in [2.75, 3.05) is 11.4 Å². The van der Waals surface area contributed by atoms with E-state index < -0.39 is 0 Å². The molecule has 0 bridgehead atoms. The molecule has 1 aliphatic heterocycles. The number of aryl methyl sites for hydroxylation is 1. The van der Waals surface area contributed by atoms with E-state index in [4.69, 9.17) is 23.2 Å². The van der Waals surface area contributed by atoms with Crippen LogP contribution in [-0.4, -0.2) is 16.3 Å². The first-order chi connectivity index (χ1) is 9.58. The first-order valence-corrected chi connectivity index (χ1v) is 7.07. The largest absolute Gasteiger partial charge is 0.362 e. The molecule has 1 fully saturated rings. The van der Waals surface area contributed by atoms with Gasteiger partial charge in [-0.15, -0.1) is 0 Å². The second-order valence-corrected chi connectivity index (χ2v) is 5.64. The Labute approximate surface area is 126 Å². The summed E-state index contributed by atoms with van der Waals surface area (Å²) in [4.78, 5) is 13.9. The molecular formula is C14H13Cl2N3O. The van der Waals surface area contributed by atoms with Crippen LogP contribution in [0.5, 0.6) is 0 Å². The number of anilines is 1. The van der Waals surface area contributed by atoms with Crippen LogP contribution in [0.3, 0.4) is 0 Å². The zero-order valence-corrected chi connectivity index (χ0v) is 12.4. The Bertz CT molecular complexity index is 697. The van der Waals surface area contributed by atoms with E-state index in [2.05, 4.69) is 10.00 Å². The molecule has 6 heteroatoms. The molecule has 0 spiro atoms. The zero-order chi connectivity index (χ0) is 14.3.